The van der Waals surface area contributed by atoms with Gasteiger partial charge in [0.05, 0.1) is 4.92 Å². The van der Waals surface area contributed by atoms with Gasteiger partial charge in [-0.1, -0.05) is 0 Å². The van der Waals surface area contributed by atoms with Crippen LogP contribution in [0.5, 0.6) is 0 Å². The molecule has 0 amide bonds. The van der Waals surface area contributed by atoms with Crippen LogP contribution in [0, 0.1) is 21.4 Å². The molecule has 0 spiro atoms. The van der Waals surface area contributed by atoms with Crippen molar-refractivity contribution in [3.05, 3.63) is 22.1 Å². The average molecular weight is 156 g/mol. The lowest BCUT2D eigenvalue weighted by atomic mass is 10.6. The standard InChI is InChI=1S/C5H4N2O4/c1-4(8)11-3-5(2-6)7(9)10/h3H,1H3/b5-3+. The number of carbonyl (C=O) groups is 1. The second kappa shape index (κ2) is 4.00. The van der Waals surface area contributed by atoms with Gasteiger partial charge in [0.15, 0.2) is 12.3 Å². The maximum Gasteiger partial charge on any atom is 0.380 e. The second-order valence-electron chi connectivity index (χ2n) is 1.48. The van der Waals surface area contributed by atoms with E-state index in [-0.39, 0.29) is 0 Å². The fourth-order valence-corrected chi connectivity index (χ4v) is 0.249. The Labute approximate surface area is 61.8 Å². The molecule has 0 bridgehead atoms. The summed E-state index contributed by atoms with van der Waals surface area (Å²) in [6.07, 6.45) is 0.502. The van der Waals surface area contributed by atoms with Gasteiger partial charge in [0, 0.05) is 6.92 Å². The number of carbonyl (C=O) groups excluding carboxylic acids is 1. The SMILES string of the molecule is CC(=O)O/C=C(\C#N)[N+](=O)[O-]. The van der Waals surface area contributed by atoms with E-state index in [0.717, 1.165) is 6.92 Å². The van der Waals surface area contributed by atoms with Crippen molar-refractivity contribution in [1.82, 2.24) is 0 Å². The van der Waals surface area contributed by atoms with Crippen molar-refractivity contribution >= 4 is 5.97 Å². The molecule has 0 aliphatic carbocycles. The number of rotatable bonds is 2. The first-order chi connectivity index (χ1) is 5.07. The number of nitro groups is 1. The van der Waals surface area contributed by atoms with Crippen LogP contribution in [-0.2, 0) is 9.53 Å². The highest BCUT2D eigenvalue weighted by molar-refractivity contribution is 5.66. The van der Waals surface area contributed by atoms with Crippen LogP contribution in [-0.4, -0.2) is 10.9 Å². The predicted molar refractivity (Wildman–Crippen MR) is 32.5 cm³/mol. The predicted octanol–water partition coefficient (Wildman–Crippen LogP) is 0.191. The molecule has 6 heteroatoms. The summed E-state index contributed by atoms with van der Waals surface area (Å²) in [4.78, 5) is 19.0. The van der Waals surface area contributed by atoms with E-state index in [9.17, 15) is 14.9 Å². The summed E-state index contributed by atoms with van der Waals surface area (Å²) in [6, 6.07) is 1.24. The number of hydrogen-bond donors (Lipinski definition) is 0. The Morgan fingerprint density at radius 1 is 1.82 bits per heavy atom. The fourth-order valence-electron chi connectivity index (χ4n) is 0.249. The molecule has 0 aromatic carbocycles. The molecular weight excluding hydrogens is 152 g/mol. The Kier molecular flexibility index (Phi) is 3.31. The molecule has 0 heterocycles. The molecule has 0 aliphatic heterocycles. The largest absolute Gasteiger partial charge is 0.426 e. The molecule has 0 N–H and O–H groups in total. The molecule has 0 saturated carbocycles. The van der Waals surface area contributed by atoms with Gasteiger partial charge in [-0.2, -0.15) is 5.26 Å². The molecule has 0 aromatic rings. The molecule has 0 aliphatic rings. The number of hydrogen-bond acceptors (Lipinski definition) is 5. The van der Waals surface area contributed by atoms with Crippen molar-refractivity contribution in [2.75, 3.05) is 0 Å². The van der Waals surface area contributed by atoms with Gasteiger partial charge in [-0.15, -0.1) is 0 Å². The summed E-state index contributed by atoms with van der Waals surface area (Å²) in [5.41, 5.74) is -0.805. The second-order valence-corrected chi connectivity index (χ2v) is 1.48. The zero-order valence-electron chi connectivity index (χ0n) is 5.60. The minimum absolute atomic E-state index is 0.502. The van der Waals surface area contributed by atoms with Gasteiger partial charge in [-0.3, -0.25) is 14.9 Å². The van der Waals surface area contributed by atoms with Crippen LogP contribution in [0.2, 0.25) is 0 Å². The third-order valence-corrected chi connectivity index (χ3v) is 0.648. The zero-order valence-corrected chi connectivity index (χ0v) is 5.60. The minimum Gasteiger partial charge on any atom is -0.426 e. The lowest BCUT2D eigenvalue weighted by Crippen LogP contribution is -1.99. The van der Waals surface area contributed by atoms with E-state index in [0.29, 0.717) is 6.26 Å². The van der Waals surface area contributed by atoms with Gasteiger partial charge in [-0.25, -0.2) is 0 Å². The molecular formula is C5H4N2O4. The Bertz CT molecular complexity index is 250. The average Bonchev–Trinajstić information content (AvgIpc) is 1.87. The number of nitriles is 1. The van der Waals surface area contributed by atoms with E-state index in [1.165, 1.54) is 6.07 Å². The maximum absolute atomic E-state index is 10.1. The lowest BCUT2D eigenvalue weighted by Gasteiger charge is -1.88. The third kappa shape index (κ3) is 3.64. The van der Waals surface area contributed by atoms with Crippen LogP contribution in [0.3, 0.4) is 0 Å². The van der Waals surface area contributed by atoms with Crippen LogP contribution in [0.1, 0.15) is 6.92 Å². The highest BCUT2D eigenvalue weighted by Crippen LogP contribution is 1.93. The molecule has 0 atom stereocenters. The first-order valence-electron chi connectivity index (χ1n) is 2.49. The molecule has 0 fully saturated rings. The van der Waals surface area contributed by atoms with Crippen LogP contribution < -0.4 is 0 Å². The molecule has 6 nitrogen and oxygen atoms in total. The van der Waals surface area contributed by atoms with Crippen molar-refractivity contribution in [1.29, 1.82) is 5.26 Å². The van der Waals surface area contributed by atoms with Crippen LogP contribution >= 0.6 is 0 Å². The molecule has 0 saturated heterocycles. The van der Waals surface area contributed by atoms with Gasteiger partial charge < -0.3 is 4.74 Å². The van der Waals surface area contributed by atoms with Gasteiger partial charge in [0.2, 0.25) is 0 Å². The highest BCUT2D eigenvalue weighted by atomic mass is 16.6. The normalized spacial score (nSPS) is 10.0. The highest BCUT2D eigenvalue weighted by Gasteiger charge is 2.09. The fraction of sp³-hybridized carbons (Fsp3) is 0.200. The van der Waals surface area contributed by atoms with Crippen molar-refractivity contribution in [2.24, 2.45) is 0 Å². The zero-order chi connectivity index (χ0) is 8.85. The van der Waals surface area contributed by atoms with Gasteiger partial charge >= 0.3 is 11.7 Å². The number of allylic oxidation sites excluding steroid dienone is 1. The minimum atomic E-state index is -0.942. The summed E-state index contributed by atoms with van der Waals surface area (Å²) >= 11 is 0. The van der Waals surface area contributed by atoms with Gasteiger partial charge in [-0.05, 0) is 0 Å². The van der Waals surface area contributed by atoms with Crippen LogP contribution in [0.15, 0.2) is 12.0 Å². The topological polar surface area (TPSA) is 93.2 Å². The third-order valence-electron chi connectivity index (χ3n) is 0.648. The molecule has 0 rings (SSSR count). The van der Waals surface area contributed by atoms with E-state index < -0.39 is 16.6 Å². The monoisotopic (exact) mass is 156 g/mol. The molecule has 0 radical (unpaired) electrons. The summed E-state index contributed by atoms with van der Waals surface area (Å²) in [5.74, 6) is -0.709. The van der Waals surface area contributed by atoms with Crippen LogP contribution in [0.25, 0.3) is 0 Å². The Balaban J connectivity index is 4.28. The molecule has 0 aromatic heterocycles. The van der Waals surface area contributed by atoms with E-state index in [1.807, 2.05) is 0 Å². The lowest BCUT2D eigenvalue weighted by molar-refractivity contribution is -0.419. The number of ether oxygens (including phenoxy) is 1. The van der Waals surface area contributed by atoms with E-state index >= 15 is 0 Å². The van der Waals surface area contributed by atoms with E-state index in [4.69, 9.17) is 5.26 Å². The van der Waals surface area contributed by atoms with Crippen molar-refractivity contribution in [2.45, 2.75) is 6.92 Å². The van der Waals surface area contributed by atoms with Gasteiger partial charge in [0.25, 0.3) is 0 Å². The number of esters is 1. The van der Waals surface area contributed by atoms with Crippen molar-refractivity contribution in [3.8, 4) is 6.07 Å². The Morgan fingerprint density at radius 3 is 2.64 bits per heavy atom. The van der Waals surface area contributed by atoms with Crippen LogP contribution in [0.4, 0.5) is 0 Å². The Morgan fingerprint density at radius 2 is 2.36 bits per heavy atom. The molecule has 11 heavy (non-hydrogen) atoms. The summed E-state index contributed by atoms with van der Waals surface area (Å²) in [6.45, 7) is 1.07. The summed E-state index contributed by atoms with van der Waals surface area (Å²) < 4.78 is 4.09. The van der Waals surface area contributed by atoms with E-state index in [2.05, 4.69) is 4.74 Å². The maximum atomic E-state index is 10.1. The first-order valence-corrected chi connectivity index (χ1v) is 2.49. The van der Waals surface area contributed by atoms with E-state index in [1.54, 1.807) is 0 Å². The van der Waals surface area contributed by atoms with Crippen molar-refractivity contribution in [3.63, 3.8) is 0 Å². The smallest absolute Gasteiger partial charge is 0.380 e. The molecule has 0 unspecified atom stereocenters. The van der Waals surface area contributed by atoms with Crippen molar-refractivity contribution < 1.29 is 14.5 Å². The quantitative estimate of drug-likeness (QED) is 0.187. The number of nitrogens with zero attached hydrogens (tertiary/aromatic N) is 2. The Hall–Kier alpha value is -1.90. The first kappa shape index (κ1) is 9.10. The molecule has 58 valence electrons. The summed E-state index contributed by atoms with van der Waals surface area (Å²) in [5, 5.41) is 17.9. The summed E-state index contributed by atoms with van der Waals surface area (Å²) in [7, 11) is 0. The van der Waals surface area contributed by atoms with Gasteiger partial charge in [0.1, 0.15) is 0 Å².